The Morgan fingerprint density at radius 2 is 1.86 bits per heavy atom. The number of aromatic nitrogens is 3. The van der Waals surface area contributed by atoms with Crippen LogP contribution in [0.5, 0.6) is 11.5 Å². The van der Waals surface area contributed by atoms with Crippen molar-refractivity contribution < 1.29 is 26.8 Å². The largest absolute Gasteiger partial charge is 0.493 e. The van der Waals surface area contributed by atoms with Crippen molar-refractivity contribution in [3.05, 3.63) is 64.2 Å². The first kappa shape index (κ1) is 24.1. The summed E-state index contributed by atoms with van der Waals surface area (Å²) >= 11 is 6.46. The lowest BCUT2D eigenvalue weighted by Crippen LogP contribution is -2.15. The van der Waals surface area contributed by atoms with Crippen molar-refractivity contribution in [3.63, 3.8) is 0 Å². The van der Waals surface area contributed by atoms with E-state index in [-0.39, 0.29) is 13.0 Å². The Balaban J connectivity index is 1.68. The molecule has 0 saturated heterocycles. The van der Waals surface area contributed by atoms with Gasteiger partial charge in [0.2, 0.25) is 0 Å². The number of rotatable bonds is 8. The van der Waals surface area contributed by atoms with Gasteiger partial charge < -0.3 is 14.2 Å². The molecule has 3 aromatic rings. The zero-order valence-corrected chi connectivity index (χ0v) is 21.2. The smallest absolute Gasteiger partial charge is 0.264 e. The van der Waals surface area contributed by atoms with Crippen molar-refractivity contribution in [2.24, 2.45) is 0 Å². The molecule has 186 valence electrons. The standard InChI is InChI=1S/C24H26ClN3O6S/c1-31-19-6-4-5-16(22(19)32-2)21-17-13-15(25)9-10-18(17)28-23(14-7-8-14)26-27-24(28)20(34-21)11-12-33-35(3,29)30/h4-6,9-10,13-14,20-21H,7-8,11-12H2,1-3H3/t20-,21-/m1/s1. The van der Waals surface area contributed by atoms with E-state index in [1.807, 2.05) is 41.0 Å². The summed E-state index contributed by atoms with van der Waals surface area (Å²) < 4.78 is 48.2. The zero-order valence-electron chi connectivity index (χ0n) is 19.6. The molecule has 0 unspecified atom stereocenters. The van der Waals surface area contributed by atoms with Crippen LogP contribution in [0.15, 0.2) is 36.4 Å². The molecular weight excluding hydrogens is 494 g/mol. The predicted molar refractivity (Wildman–Crippen MR) is 129 cm³/mol. The Kier molecular flexibility index (Phi) is 6.47. The van der Waals surface area contributed by atoms with Crippen molar-refractivity contribution in [2.75, 3.05) is 27.1 Å². The minimum Gasteiger partial charge on any atom is -0.493 e. The van der Waals surface area contributed by atoms with Gasteiger partial charge in [-0.15, -0.1) is 10.2 Å². The Hall–Kier alpha value is -2.66. The molecule has 1 aliphatic carbocycles. The quantitative estimate of drug-likeness (QED) is 0.405. The maximum Gasteiger partial charge on any atom is 0.264 e. The van der Waals surface area contributed by atoms with Crippen molar-refractivity contribution in [3.8, 4) is 17.2 Å². The van der Waals surface area contributed by atoms with Crippen LogP contribution >= 0.6 is 11.6 Å². The molecule has 11 heteroatoms. The first-order valence-corrected chi connectivity index (χ1v) is 13.5. The summed E-state index contributed by atoms with van der Waals surface area (Å²) in [6, 6.07) is 11.2. The highest BCUT2D eigenvalue weighted by molar-refractivity contribution is 7.85. The Labute approximate surface area is 209 Å². The van der Waals surface area contributed by atoms with E-state index in [4.69, 9.17) is 30.0 Å². The molecule has 5 rings (SSSR count). The number of para-hydroxylation sites is 1. The zero-order chi connectivity index (χ0) is 24.7. The number of methoxy groups -OCH3 is 2. The van der Waals surface area contributed by atoms with Crippen LogP contribution in [0.25, 0.3) is 5.69 Å². The molecule has 1 fully saturated rings. The van der Waals surface area contributed by atoms with Gasteiger partial charge in [-0.1, -0.05) is 23.7 Å². The van der Waals surface area contributed by atoms with E-state index in [9.17, 15) is 8.42 Å². The summed E-state index contributed by atoms with van der Waals surface area (Å²) in [5, 5.41) is 9.54. The molecule has 0 amide bonds. The minimum atomic E-state index is -3.61. The van der Waals surface area contributed by atoms with Gasteiger partial charge in [0.15, 0.2) is 17.3 Å². The molecule has 2 atom stereocenters. The van der Waals surface area contributed by atoms with Crippen LogP contribution < -0.4 is 9.47 Å². The lowest BCUT2D eigenvalue weighted by atomic mass is 9.98. The first-order chi connectivity index (χ1) is 16.8. The normalized spacial score (nSPS) is 19.5. The third-order valence-corrected chi connectivity index (χ3v) is 6.98. The molecule has 0 bridgehead atoms. The van der Waals surface area contributed by atoms with E-state index < -0.39 is 22.3 Å². The lowest BCUT2D eigenvalue weighted by Gasteiger charge is -2.25. The van der Waals surface area contributed by atoms with E-state index in [2.05, 4.69) is 10.2 Å². The van der Waals surface area contributed by atoms with Gasteiger partial charge in [0.25, 0.3) is 10.1 Å². The van der Waals surface area contributed by atoms with Gasteiger partial charge in [-0.3, -0.25) is 8.75 Å². The van der Waals surface area contributed by atoms with Gasteiger partial charge in [-0.05, 0) is 37.1 Å². The molecule has 35 heavy (non-hydrogen) atoms. The number of halogens is 1. The highest BCUT2D eigenvalue weighted by Crippen LogP contribution is 2.48. The molecule has 2 aromatic carbocycles. The molecule has 0 radical (unpaired) electrons. The summed E-state index contributed by atoms with van der Waals surface area (Å²) in [7, 11) is -0.450. The fourth-order valence-electron chi connectivity index (χ4n) is 4.47. The number of fused-ring (bicyclic) bond motifs is 3. The van der Waals surface area contributed by atoms with Crippen LogP contribution in [-0.4, -0.2) is 50.3 Å². The summed E-state index contributed by atoms with van der Waals surface area (Å²) in [6.45, 7) is -0.0613. The van der Waals surface area contributed by atoms with Crippen molar-refractivity contribution in [1.29, 1.82) is 0 Å². The molecule has 0 N–H and O–H groups in total. The average Bonchev–Trinajstić information content (AvgIpc) is 3.60. The van der Waals surface area contributed by atoms with E-state index in [0.29, 0.717) is 28.3 Å². The second kappa shape index (κ2) is 9.42. The van der Waals surface area contributed by atoms with Crippen LogP contribution in [0.4, 0.5) is 0 Å². The van der Waals surface area contributed by atoms with Gasteiger partial charge in [-0.25, -0.2) is 0 Å². The van der Waals surface area contributed by atoms with Crippen molar-refractivity contribution in [1.82, 2.24) is 14.8 Å². The van der Waals surface area contributed by atoms with Crippen LogP contribution in [0, 0.1) is 0 Å². The molecule has 9 nitrogen and oxygen atoms in total. The topological polar surface area (TPSA) is 102 Å². The number of ether oxygens (including phenoxy) is 3. The summed E-state index contributed by atoms with van der Waals surface area (Å²) in [5.41, 5.74) is 2.42. The predicted octanol–water partition coefficient (Wildman–Crippen LogP) is 4.34. The second-order valence-corrected chi connectivity index (χ2v) is 10.7. The number of hydrogen-bond donors (Lipinski definition) is 0. The first-order valence-electron chi connectivity index (χ1n) is 11.3. The SMILES string of the molecule is COc1cccc([C@H]2O[C@H](CCOS(C)(=O)=O)c3nnc(C4CC4)n3-c3ccc(Cl)cc32)c1OC. The second-order valence-electron chi connectivity index (χ2n) is 8.63. The third kappa shape index (κ3) is 4.75. The molecule has 0 spiro atoms. The van der Waals surface area contributed by atoms with Gasteiger partial charge in [-0.2, -0.15) is 8.42 Å². The van der Waals surface area contributed by atoms with Gasteiger partial charge in [0, 0.05) is 28.5 Å². The molecule has 2 aliphatic rings. The maximum atomic E-state index is 11.6. The Bertz CT molecular complexity index is 1360. The van der Waals surface area contributed by atoms with E-state index in [1.54, 1.807) is 14.2 Å². The molecular formula is C24H26ClN3O6S. The number of hydrogen-bond acceptors (Lipinski definition) is 8. The lowest BCUT2D eigenvalue weighted by molar-refractivity contribution is -0.00769. The van der Waals surface area contributed by atoms with Crippen LogP contribution in [0.1, 0.15) is 60.2 Å². The van der Waals surface area contributed by atoms with E-state index in [1.165, 1.54) is 0 Å². The van der Waals surface area contributed by atoms with Crippen LogP contribution in [-0.2, 0) is 19.0 Å². The number of nitrogens with zero attached hydrogens (tertiary/aromatic N) is 3. The van der Waals surface area contributed by atoms with E-state index >= 15 is 0 Å². The van der Waals surface area contributed by atoms with Crippen molar-refractivity contribution in [2.45, 2.75) is 37.4 Å². The van der Waals surface area contributed by atoms with Crippen molar-refractivity contribution >= 4 is 21.7 Å². The fraction of sp³-hybridized carbons (Fsp3) is 0.417. The summed E-state index contributed by atoms with van der Waals surface area (Å²) in [5.74, 6) is 2.88. The highest BCUT2D eigenvalue weighted by atomic mass is 35.5. The summed E-state index contributed by atoms with van der Waals surface area (Å²) in [6.07, 6.45) is 2.14. The molecule has 1 aliphatic heterocycles. The van der Waals surface area contributed by atoms with Gasteiger partial charge in [0.1, 0.15) is 18.0 Å². The molecule has 1 aromatic heterocycles. The summed E-state index contributed by atoms with van der Waals surface area (Å²) in [4.78, 5) is 0. The van der Waals surface area contributed by atoms with Gasteiger partial charge >= 0.3 is 0 Å². The Morgan fingerprint density at radius 1 is 1.09 bits per heavy atom. The number of benzene rings is 2. The van der Waals surface area contributed by atoms with Crippen LogP contribution in [0.3, 0.4) is 0 Å². The van der Waals surface area contributed by atoms with Gasteiger partial charge in [0.05, 0.1) is 32.8 Å². The molecule has 1 saturated carbocycles. The maximum absolute atomic E-state index is 11.6. The van der Waals surface area contributed by atoms with E-state index in [0.717, 1.165) is 41.7 Å². The molecule has 2 heterocycles. The minimum absolute atomic E-state index is 0.0613. The third-order valence-electron chi connectivity index (χ3n) is 6.15. The fourth-order valence-corrected chi connectivity index (χ4v) is 5.05. The average molecular weight is 520 g/mol. The Morgan fingerprint density at radius 3 is 2.54 bits per heavy atom. The monoisotopic (exact) mass is 519 g/mol. The van der Waals surface area contributed by atoms with Crippen LogP contribution in [0.2, 0.25) is 5.02 Å². The highest BCUT2D eigenvalue weighted by Gasteiger charge is 2.38.